The number of amides is 1. The largest absolute Gasteiger partial charge is 0.488 e. The summed E-state index contributed by atoms with van der Waals surface area (Å²) < 4.78 is 11.5. The van der Waals surface area contributed by atoms with Crippen LogP contribution in [0.25, 0.3) is 22.0 Å². The maximum absolute atomic E-state index is 12.7. The topological polar surface area (TPSA) is 97.4 Å². The molecule has 0 unspecified atom stereocenters. The van der Waals surface area contributed by atoms with Crippen LogP contribution in [0.2, 0.25) is 0 Å². The highest BCUT2D eigenvalue weighted by Gasteiger charge is 2.28. The predicted molar refractivity (Wildman–Crippen MR) is 128 cm³/mol. The minimum atomic E-state index is -0.232. The van der Waals surface area contributed by atoms with Crippen molar-refractivity contribution < 1.29 is 14.3 Å². The Morgan fingerprint density at radius 2 is 2.03 bits per heavy atom. The molecule has 1 N–H and O–H groups in total. The first-order chi connectivity index (χ1) is 16.5. The summed E-state index contributed by atoms with van der Waals surface area (Å²) in [6.45, 7) is 3.05. The van der Waals surface area contributed by atoms with Gasteiger partial charge in [-0.3, -0.25) is 14.6 Å². The highest BCUT2D eigenvalue weighted by Crippen LogP contribution is 2.32. The normalized spacial score (nSPS) is 15.5. The van der Waals surface area contributed by atoms with Gasteiger partial charge in [-0.1, -0.05) is 0 Å². The Morgan fingerprint density at radius 1 is 1.15 bits per heavy atom. The van der Waals surface area contributed by atoms with Crippen molar-refractivity contribution >= 4 is 16.8 Å². The van der Waals surface area contributed by atoms with Crippen LogP contribution >= 0.6 is 0 Å². The third kappa shape index (κ3) is 4.22. The minimum absolute atomic E-state index is 0.116. The van der Waals surface area contributed by atoms with Gasteiger partial charge in [0, 0.05) is 54.1 Å². The first-order valence-corrected chi connectivity index (χ1v) is 11.1. The number of likely N-dealkylation sites (tertiary alicyclic amines) is 1. The molecule has 4 heterocycles. The van der Waals surface area contributed by atoms with E-state index >= 15 is 0 Å². The summed E-state index contributed by atoms with van der Waals surface area (Å²) in [5.41, 5.74) is 4.03. The van der Waals surface area contributed by atoms with Gasteiger partial charge in [-0.25, -0.2) is 4.98 Å². The highest BCUT2D eigenvalue weighted by atomic mass is 16.5. The maximum Gasteiger partial charge on any atom is 0.255 e. The lowest BCUT2D eigenvalue weighted by atomic mass is 10.0. The van der Waals surface area contributed by atoms with Crippen LogP contribution in [0.15, 0.2) is 65.8 Å². The molecule has 1 fully saturated rings. The quantitative estimate of drug-likeness (QED) is 0.493. The van der Waals surface area contributed by atoms with Crippen LogP contribution in [0.3, 0.4) is 0 Å². The zero-order valence-corrected chi connectivity index (χ0v) is 18.9. The van der Waals surface area contributed by atoms with Gasteiger partial charge >= 0.3 is 0 Å². The summed E-state index contributed by atoms with van der Waals surface area (Å²) in [6, 6.07) is 12.8. The molecular formula is C26H24N4O4. The van der Waals surface area contributed by atoms with Crippen molar-refractivity contribution in [2.24, 2.45) is 0 Å². The molecule has 1 aromatic carbocycles. The van der Waals surface area contributed by atoms with Crippen LogP contribution in [-0.2, 0) is 0 Å². The molecule has 1 saturated heterocycles. The van der Waals surface area contributed by atoms with Gasteiger partial charge in [-0.15, -0.1) is 0 Å². The molecule has 1 aliphatic rings. The first-order valence-electron chi connectivity index (χ1n) is 11.1. The SMILES string of the molecule is COc1ncc(-c2ccnc3ccc(O[C@H]4CCN(C(=O)c5ccc(=O)[nH]c5)C4)cc23)cc1C. The number of aromatic nitrogens is 3. The molecule has 1 amide bonds. The molecule has 172 valence electrons. The number of methoxy groups -OCH3 is 1. The van der Waals surface area contributed by atoms with Gasteiger partial charge in [0.1, 0.15) is 11.9 Å². The Kier molecular flexibility index (Phi) is 5.71. The number of nitrogens with one attached hydrogen (secondary N) is 1. The number of aryl methyl sites for hydroxylation is 1. The second-order valence-corrected chi connectivity index (χ2v) is 8.31. The molecular weight excluding hydrogens is 432 g/mol. The molecule has 1 atom stereocenters. The van der Waals surface area contributed by atoms with E-state index in [0.29, 0.717) is 24.5 Å². The molecule has 34 heavy (non-hydrogen) atoms. The van der Waals surface area contributed by atoms with Crippen LogP contribution in [0.1, 0.15) is 22.3 Å². The van der Waals surface area contributed by atoms with Crippen molar-refractivity contribution in [3.8, 4) is 22.8 Å². The number of carbonyl (C=O) groups is 1. The fraction of sp³-hybridized carbons (Fsp3) is 0.231. The summed E-state index contributed by atoms with van der Waals surface area (Å²) in [6.07, 6.45) is 5.65. The number of fused-ring (bicyclic) bond motifs is 1. The fourth-order valence-corrected chi connectivity index (χ4v) is 4.30. The van der Waals surface area contributed by atoms with Crippen LogP contribution in [0.5, 0.6) is 11.6 Å². The number of H-pyrrole nitrogens is 1. The molecule has 0 saturated carbocycles. The third-order valence-electron chi connectivity index (χ3n) is 6.01. The number of hydrogen-bond acceptors (Lipinski definition) is 6. The van der Waals surface area contributed by atoms with E-state index < -0.39 is 0 Å². The van der Waals surface area contributed by atoms with Crippen LogP contribution < -0.4 is 15.0 Å². The summed E-state index contributed by atoms with van der Waals surface area (Å²) in [4.78, 5) is 37.2. The standard InChI is InChI=1S/C26H24N4O4/c1-16-11-18(14-29-25(16)33-2)21-7-9-27-23-5-4-19(12-22(21)23)34-20-8-10-30(15-20)26(32)17-3-6-24(31)28-13-17/h3-7,9,11-14,20H,8,10,15H2,1-2H3,(H,28,31)/t20-/m0/s1. The van der Waals surface area contributed by atoms with Crippen molar-refractivity contribution in [1.82, 2.24) is 19.9 Å². The molecule has 0 aliphatic carbocycles. The maximum atomic E-state index is 12.7. The van der Waals surface area contributed by atoms with Gasteiger partial charge < -0.3 is 19.4 Å². The molecule has 0 radical (unpaired) electrons. The second kappa shape index (κ2) is 8.97. The van der Waals surface area contributed by atoms with Gasteiger partial charge in [-0.2, -0.15) is 0 Å². The van der Waals surface area contributed by atoms with Crippen LogP contribution in [-0.4, -0.2) is 52.1 Å². The Morgan fingerprint density at radius 3 is 2.79 bits per heavy atom. The average Bonchev–Trinajstić information content (AvgIpc) is 3.32. The molecule has 3 aromatic heterocycles. The molecule has 0 spiro atoms. The number of hydrogen-bond donors (Lipinski definition) is 1. The third-order valence-corrected chi connectivity index (χ3v) is 6.01. The van der Waals surface area contributed by atoms with Crippen LogP contribution in [0, 0.1) is 6.92 Å². The highest BCUT2D eigenvalue weighted by molar-refractivity contribution is 5.95. The number of carbonyl (C=O) groups excluding carboxylic acids is 1. The minimum Gasteiger partial charge on any atom is -0.488 e. The molecule has 4 aromatic rings. The monoisotopic (exact) mass is 456 g/mol. The zero-order chi connectivity index (χ0) is 23.7. The van der Waals surface area contributed by atoms with Gasteiger partial charge in [0.2, 0.25) is 11.4 Å². The molecule has 8 heteroatoms. The van der Waals surface area contributed by atoms with E-state index in [4.69, 9.17) is 9.47 Å². The van der Waals surface area contributed by atoms with E-state index in [2.05, 4.69) is 15.0 Å². The van der Waals surface area contributed by atoms with Crippen molar-refractivity contribution in [2.45, 2.75) is 19.4 Å². The molecule has 8 nitrogen and oxygen atoms in total. The van der Waals surface area contributed by atoms with E-state index in [1.165, 1.54) is 12.3 Å². The number of benzene rings is 1. The number of rotatable bonds is 5. The lowest BCUT2D eigenvalue weighted by Gasteiger charge is -2.18. The Hall–Kier alpha value is -4.20. The van der Waals surface area contributed by atoms with Gasteiger partial charge in [0.15, 0.2) is 0 Å². The smallest absolute Gasteiger partial charge is 0.255 e. The van der Waals surface area contributed by atoms with Crippen LogP contribution in [0.4, 0.5) is 0 Å². The summed E-state index contributed by atoms with van der Waals surface area (Å²) in [5.74, 6) is 1.21. The summed E-state index contributed by atoms with van der Waals surface area (Å²) in [7, 11) is 1.61. The second-order valence-electron chi connectivity index (χ2n) is 8.31. The van der Waals surface area contributed by atoms with E-state index in [0.717, 1.165) is 39.8 Å². The van der Waals surface area contributed by atoms with Crippen molar-refractivity contribution in [3.05, 3.63) is 82.5 Å². The predicted octanol–water partition coefficient (Wildman–Crippen LogP) is 3.60. The van der Waals surface area contributed by atoms with E-state index in [-0.39, 0.29) is 17.6 Å². The Labute approximate surface area is 196 Å². The van der Waals surface area contributed by atoms with Gasteiger partial charge in [0.25, 0.3) is 5.91 Å². The van der Waals surface area contributed by atoms with Crippen molar-refractivity contribution in [2.75, 3.05) is 20.2 Å². The number of pyridine rings is 3. The molecule has 1 aliphatic heterocycles. The summed E-state index contributed by atoms with van der Waals surface area (Å²) in [5, 5.41) is 0.963. The van der Waals surface area contributed by atoms with E-state index in [1.807, 2.05) is 37.3 Å². The van der Waals surface area contributed by atoms with Gasteiger partial charge in [0.05, 0.1) is 24.7 Å². The molecule has 5 rings (SSSR count). The fourth-order valence-electron chi connectivity index (χ4n) is 4.30. The average molecular weight is 457 g/mol. The van der Waals surface area contributed by atoms with E-state index in [1.54, 1.807) is 30.5 Å². The van der Waals surface area contributed by atoms with Crippen molar-refractivity contribution in [3.63, 3.8) is 0 Å². The van der Waals surface area contributed by atoms with Crippen molar-refractivity contribution in [1.29, 1.82) is 0 Å². The zero-order valence-electron chi connectivity index (χ0n) is 18.9. The lowest BCUT2D eigenvalue weighted by molar-refractivity contribution is 0.0772. The number of aromatic amines is 1. The number of ether oxygens (including phenoxy) is 2. The Balaban J connectivity index is 1.36. The van der Waals surface area contributed by atoms with E-state index in [9.17, 15) is 9.59 Å². The van der Waals surface area contributed by atoms with Gasteiger partial charge in [-0.05, 0) is 48.9 Å². The first kappa shape index (κ1) is 21.6. The Bertz CT molecular complexity index is 1410. The summed E-state index contributed by atoms with van der Waals surface area (Å²) >= 11 is 0. The lowest BCUT2D eigenvalue weighted by Crippen LogP contribution is -2.31. The molecule has 0 bridgehead atoms. The number of nitrogens with zero attached hydrogens (tertiary/aromatic N) is 3.